The van der Waals surface area contributed by atoms with Crippen molar-refractivity contribution in [1.29, 1.82) is 0 Å². The van der Waals surface area contributed by atoms with Crippen molar-refractivity contribution in [2.45, 2.75) is 39.5 Å². The van der Waals surface area contributed by atoms with Crippen LogP contribution in [0.15, 0.2) is 6.33 Å². The van der Waals surface area contributed by atoms with Crippen LogP contribution in [-0.4, -0.2) is 26.5 Å². The van der Waals surface area contributed by atoms with Gasteiger partial charge in [-0.2, -0.15) is 0 Å². The lowest BCUT2D eigenvalue weighted by molar-refractivity contribution is 0.277. The number of aromatic amines is 1. The molecule has 15 heavy (non-hydrogen) atoms. The van der Waals surface area contributed by atoms with E-state index in [0.717, 1.165) is 6.54 Å². The fourth-order valence-corrected chi connectivity index (χ4v) is 1.41. The summed E-state index contributed by atoms with van der Waals surface area (Å²) in [5.74, 6) is 0. The minimum Gasteiger partial charge on any atom is -0.365 e. The summed E-state index contributed by atoms with van der Waals surface area (Å²) in [6.45, 7) is 4.88. The van der Waals surface area contributed by atoms with Crippen molar-refractivity contribution in [3.63, 3.8) is 0 Å². The van der Waals surface area contributed by atoms with Crippen LogP contribution >= 0.6 is 49.4 Å². The SMILES string of the molecule is C.CC1OC1(C)Cn1[nH]cnc1=S.II. The monoisotopic (exact) mass is 455 g/mol. The summed E-state index contributed by atoms with van der Waals surface area (Å²) >= 11 is 9.22. The molecule has 1 aliphatic rings. The zero-order valence-corrected chi connectivity index (χ0v) is 13.0. The molecule has 0 aliphatic carbocycles. The first kappa shape index (κ1) is 15.8. The van der Waals surface area contributed by atoms with E-state index in [1.165, 1.54) is 0 Å². The van der Waals surface area contributed by atoms with Gasteiger partial charge in [0.25, 0.3) is 0 Å². The second-order valence-corrected chi connectivity index (χ2v) is 3.69. The highest BCUT2D eigenvalue weighted by molar-refractivity contribution is 15.0. The van der Waals surface area contributed by atoms with E-state index >= 15 is 0 Å². The van der Waals surface area contributed by atoms with Gasteiger partial charge in [0.15, 0.2) is 0 Å². The van der Waals surface area contributed by atoms with Gasteiger partial charge in [0, 0.05) is 37.2 Å². The highest BCUT2D eigenvalue weighted by atomic mass is 128. The third-order valence-corrected chi connectivity index (χ3v) is 2.67. The normalized spacial score (nSPS) is 27.3. The molecule has 0 aromatic carbocycles. The number of aromatic nitrogens is 3. The van der Waals surface area contributed by atoms with E-state index in [-0.39, 0.29) is 13.0 Å². The molecule has 0 spiro atoms. The van der Waals surface area contributed by atoms with Crippen molar-refractivity contribution in [2.75, 3.05) is 0 Å². The zero-order chi connectivity index (χ0) is 10.8. The standard InChI is InChI=1S/C7H11N3OS.CH4.I2/c1-5-7(2,11-5)3-10-6(12)8-4-9-10;;1-2/h4-5H,3H2,1-2H3,(H,8,9,12);1H4;. The van der Waals surface area contributed by atoms with Gasteiger partial charge in [-0.25, -0.2) is 4.98 Å². The molecule has 4 nitrogen and oxygen atoms in total. The average Bonchev–Trinajstić information content (AvgIpc) is 2.57. The molecule has 2 atom stereocenters. The molecule has 2 rings (SSSR count). The molecular formula is C8H15I2N3OS. The van der Waals surface area contributed by atoms with Crippen LogP contribution in [0.25, 0.3) is 0 Å². The van der Waals surface area contributed by atoms with Gasteiger partial charge in [0.1, 0.15) is 11.9 Å². The van der Waals surface area contributed by atoms with Crippen LogP contribution in [0.3, 0.4) is 0 Å². The number of H-pyrrole nitrogens is 1. The van der Waals surface area contributed by atoms with Crippen molar-refractivity contribution < 1.29 is 4.74 Å². The summed E-state index contributed by atoms with van der Waals surface area (Å²) in [6.07, 6.45) is 1.92. The van der Waals surface area contributed by atoms with E-state index in [0.29, 0.717) is 10.9 Å². The molecule has 1 saturated heterocycles. The number of ether oxygens (including phenoxy) is 1. The van der Waals surface area contributed by atoms with E-state index in [1.54, 1.807) is 6.33 Å². The van der Waals surface area contributed by atoms with E-state index in [2.05, 4.69) is 61.2 Å². The quantitative estimate of drug-likeness (QED) is 0.422. The van der Waals surface area contributed by atoms with E-state index in [1.807, 2.05) is 4.68 Å². The second kappa shape index (κ2) is 6.50. The van der Waals surface area contributed by atoms with Crippen molar-refractivity contribution in [3.8, 4) is 0 Å². The average molecular weight is 455 g/mol. The molecule has 7 heteroatoms. The van der Waals surface area contributed by atoms with Gasteiger partial charge in [-0.3, -0.25) is 9.78 Å². The summed E-state index contributed by atoms with van der Waals surface area (Å²) in [4.78, 5) is 3.92. The van der Waals surface area contributed by atoms with Crippen LogP contribution in [0, 0.1) is 4.77 Å². The smallest absolute Gasteiger partial charge is 0.215 e. The molecule has 1 N–H and O–H groups in total. The summed E-state index contributed by atoms with van der Waals surface area (Å²) in [7, 11) is 0. The Morgan fingerprint density at radius 3 is 2.60 bits per heavy atom. The van der Waals surface area contributed by atoms with Crippen LogP contribution in [0.2, 0.25) is 0 Å². The topological polar surface area (TPSA) is 46.1 Å². The Morgan fingerprint density at radius 2 is 2.27 bits per heavy atom. The molecule has 1 fully saturated rings. The van der Waals surface area contributed by atoms with E-state index in [9.17, 15) is 0 Å². The molecule has 88 valence electrons. The Bertz CT molecular complexity index is 354. The molecule has 0 bridgehead atoms. The number of hydrogen-bond acceptors (Lipinski definition) is 3. The van der Waals surface area contributed by atoms with Gasteiger partial charge < -0.3 is 4.74 Å². The van der Waals surface area contributed by atoms with Gasteiger partial charge in [0.05, 0.1) is 12.6 Å². The molecule has 2 unspecified atom stereocenters. The number of hydrogen-bond donors (Lipinski definition) is 1. The molecule has 1 aromatic rings. The van der Waals surface area contributed by atoms with Crippen LogP contribution in [0.4, 0.5) is 0 Å². The minimum absolute atomic E-state index is 0. The highest BCUT2D eigenvalue weighted by Crippen LogP contribution is 2.36. The summed E-state index contributed by atoms with van der Waals surface area (Å²) in [5, 5.41) is 2.94. The molecule has 1 aliphatic heterocycles. The number of nitrogens with zero attached hydrogens (tertiary/aromatic N) is 2. The third kappa shape index (κ3) is 3.93. The Balaban J connectivity index is 0.000000617. The molecule has 0 saturated carbocycles. The zero-order valence-electron chi connectivity index (χ0n) is 7.83. The maximum Gasteiger partial charge on any atom is 0.215 e. The number of epoxide rings is 1. The lowest BCUT2D eigenvalue weighted by Gasteiger charge is -2.05. The first-order valence-electron chi connectivity index (χ1n) is 4.04. The lowest BCUT2D eigenvalue weighted by atomic mass is 10.1. The number of rotatable bonds is 2. The maximum absolute atomic E-state index is 5.42. The van der Waals surface area contributed by atoms with Crippen LogP contribution in [0.5, 0.6) is 0 Å². The van der Waals surface area contributed by atoms with Gasteiger partial charge >= 0.3 is 0 Å². The van der Waals surface area contributed by atoms with Crippen molar-refractivity contribution in [2.24, 2.45) is 0 Å². The Hall–Kier alpha value is 0.780. The predicted molar refractivity (Wildman–Crippen MR) is 81.1 cm³/mol. The summed E-state index contributed by atoms with van der Waals surface area (Å²) < 4.78 is 7.82. The minimum atomic E-state index is -0.0508. The first-order valence-corrected chi connectivity index (χ1v) is 10.7. The van der Waals surface area contributed by atoms with Crippen LogP contribution < -0.4 is 0 Å². The summed E-state index contributed by atoms with van der Waals surface area (Å²) in [6, 6.07) is 0. The molecule has 0 amide bonds. The maximum atomic E-state index is 5.42. The third-order valence-electron chi connectivity index (χ3n) is 2.34. The number of halogens is 2. The molecule has 0 radical (unpaired) electrons. The molecule has 1 aromatic heterocycles. The first-order chi connectivity index (χ1) is 6.62. The van der Waals surface area contributed by atoms with E-state index in [4.69, 9.17) is 17.0 Å². The van der Waals surface area contributed by atoms with E-state index < -0.39 is 0 Å². The Kier molecular flexibility index (Phi) is 6.84. The van der Waals surface area contributed by atoms with Gasteiger partial charge in [0.2, 0.25) is 4.77 Å². The molecular weight excluding hydrogens is 440 g/mol. The predicted octanol–water partition coefficient (Wildman–Crippen LogP) is 3.53. The van der Waals surface area contributed by atoms with Crippen molar-refractivity contribution in [3.05, 3.63) is 11.1 Å². The van der Waals surface area contributed by atoms with Gasteiger partial charge in [-0.05, 0) is 26.1 Å². The Labute approximate surface area is 118 Å². The van der Waals surface area contributed by atoms with Crippen molar-refractivity contribution >= 4 is 49.4 Å². The van der Waals surface area contributed by atoms with Crippen LogP contribution in [0.1, 0.15) is 21.3 Å². The number of nitrogens with one attached hydrogen (secondary N) is 1. The second-order valence-electron chi connectivity index (χ2n) is 3.33. The van der Waals surface area contributed by atoms with Gasteiger partial charge in [-0.1, -0.05) is 7.43 Å². The van der Waals surface area contributed by atoms with Crippen LogP contribution in [-0.2, 0) is 11.3 Å². The molecule has 2 heterocycles. The fourth-order valence-electron chi connectivity index (χ4n) is 1.24. The Morgan fingerprint density at radius 1 is 1.73 bits per heavy atom. The largest absolute Gasteiger partial charge is 0.365 e. The lowest BCUT2D eigenvalue weighted by Crippen LogP contribution is -2.18. The van der Waals surface area contributed by atoms with Crippen molar-refractivity contribution in [1.82, 2.24) is 14.8 Å². The summed E-state index contributed by atoms with van der Waals surface area (Å²) in [5.41, 5.74) is -0.0508. The van der Waals surface area contributed by atoms with Gasteiger partial charge in [-0.15, -0.1) is 0 Å². The fraction of sp³-hybridized carbons (Fsp3) is 0.750. The highest BCUT2D eigenvalue weighted by Gasteiger charge is 2.49.